The Morgan fingerprint density at radius 2 is 2.06 bits per heavy atom. The SMILES string of the molecule is COC(=O)c1c(N2CCCC(CO)C2)sc(-c2ccc3c(c2)ncn3C2CCCCC2)c1[N+](=O)[O-]. The van der Waals surface area contributed by atoms with Gasteiger partial charge in [0.1, 0.15) is 9.88 Å². The van der Waals surface area contributed by atoms with Crippen molar-refractivity contribution in [3.8, 4) is 10.4 Å². The van der Waals surface area contributed by atoms with E-state index >= 15 is 0 Å². The van der Waals surface area contributed by atoms with E-state index in [1.54, 1.807) is 0 Å². The average Bonchev–Trinajstić information content (AvgIpc) is 3.50. The minimum Gasteiger partial charge on any atom is -0.465 e. The van der Waals surface area contributed by atoms with Crippen molar-refractivity contribution in [2.45, 2.75) is 51.0 Å². The number of benzene rings is 1. The smallest absolute Gasteiger partial charge is 0.347 e. The summed E-state index contributed by atoms with van der Waals surface area (Å²) in [7, 11) is 1.24. The zero-order valence-electron chi connectivity index (χ0n) is 19.8. The molecule has 9 nitrogen and oxygen atoms in total. The van der Waals surface area contributed by atoms with Crippen molar-refractivity contribution in [3.63, 3.8) is 0 Å². The third-order valence-electron chi connectivity index (χ3n) is 7.31. The van der Waals surface area contributed by atoms with E-state index in [0.717, 1.165) is 36.7 Å². The van der Waals surface area contributed by atoms with Gasteiger partial charge in [0.05, 0.1) is 29.4 Å². The van der Waals surface area contributed by atoms with Crippen molar-refractivity contribution in [2.75, 3.05) is 31.7 Å². The molecular weight excluding hydrogens is 468 g/mol. The lowest BCUT2D eigenvalue weighted by Crippen LogP contribution is -2.37. The number of carbonyl (C=O) groups is 1. The largest absolute Gasteiger partial charge is 0.465 e. The third-order valence-corrected chi connectivity index (χ3v) is 8.59. The number of rotatable bonds is 6. The molecule has 1 saturated carbocycles. The van der Waals surface area contributed by atoms with Gasteiger partial charge in [-0.3, -0.25) is 10.1 Å². The van der Waals surface area contributed by atoms with E-state index in [2.05, 4.69) is 9.55 Å². The molecular formula is C25H30N4O5S. The van der Waals surface area contributed by atoms with Crippen LogP contribution in [-0.4, -0.2) is 52.4 Å². The Hall–Kier alpha value is -2.98. The molecule has 2 aromatic heterocycles. The number of methoxy groups -OCH3 is 1. The minimum absolute atomic E-state index is 0.0103. The van der Waals surface area contributed by atoms with Crippen LogP contribution in [-0.2, 0) is 4.74 Å². The van der Waals surface area contributed by atoms with E-state index in [4.69, 9.17) is 4.74 Å². The number of aliphatic hydroxyl groups is 1. The first-order valence-electron chi connectivity index (χ1n) is 12.2. The normalized spacial score (nSPS) is 19.3. The fourth-order valence-electron chi connectivity index (χ4n) is 5.51. The van der Waals surface area contributed by atoms with Crippen LogP contribution in [0.15, 0.2) is 24.5 Å². The third kappa shape index (κ3) is 4.40. The van der Waals surface area contributed by atoms with Gasteiger partial charge in [-0.2, -0.15) is 0 Å². The Bertz CT molecular complexity index is 1250. The molecule has 35 heavy (non-hydrogen) atoms. The van der Waals surface area contributed by atoms with Gasteiger partial charge >= 0.3 is 11.7 Å². The minimum atomic E-state index is -0.719. The molecule has 186 valence electrons. The van der Waals surface area contributed by atoms with Crippen LogP contribution in [0.3, 0.4) is 0 Å². The number of esters is 1. The maximum atomic E-state index is 12.8. The number of aromatic nitrogens is 2. The van der Waals surface area contributed by atoms with Gasteiger partial charge in [-0.15, -0.1) is 11.3 Å². The molecule has 1 unspecified atom stereocenters. The number of fused-ring (bicyclic) bond motifs is 1. The Morgan fingerprint density at radius 3 is 2.77 bits per heavy atom. The van der Waals surface area contributed by atoms with Gasteiger partial charge in [0, 0.05) is 31.3 Å². The first kappa shape index (κ1) is 23.7. The number of hydrogen-bond donors (Lipinski definition) is 1. The van der Waals surface area contributed by atoms with Crippen LogP contribution in [0.25, 0.3) is 21.5 Å². The summed E-state index contributed by atoms with van der Waals surface area (Å²) in [6, 6.07) is 6.19. The van der Waals surface area contributed by atoms with E-state index in [0.29, 0.717) is 34.6 Å². The molecule has 10 heteroatoms. The van der Waals surface area contributed by atoms with Crippen molar-refractivity contribution >= 4 is 39.0 Å². The van der Waals surface area contributed by atoms with Gasteiger partial charge in [0.2, 0.25) is 0 Å². The highest BCUT2D eigenvalue weighted by atomic mass is 32.1. The molecule has 3 heterocycles. The van der Waals surface area contributed by atoms with E-state index in [1.807, 2.05) is 29.4 Å². The maximum Gasteiger partial charge on any atom is 0.347 e. The summed E-state index contributed by atoms with van der Waals surface area (Å²) in [6.07, 6.45) is 9.60. The molecule has 2 fully saturated rings. The molecule has 1 N–H and O–H groups in total. The first-order valence-corrected chi connectivity index (χ1v) is 13.1. The second kappa shape index (κ2) is 9.94. The number of hydrogen-bond acceptors (Lipinski definition) is 8. The molecule has 0 bridgehead atoms. The van der Waals surface area contributed by atoms with Crippen LogP contribution in [0.4, 0.5) is 10.7 Å². The van der Waals surface area contributed by atoms with E-state index in [9.17, 15) is 20.0 Å². The number of nitro groups is 1. The van der Waals surface area contributed by atoms with Gasteiger partial charge in [-0.1, -0.05) is 25.3 Å². The van der Waals surface area contributed by atoms with Gasteiger partial charge in [0.15, 0.2) is 5.56 Å². The van der Waals surface area contributed by atoms with E-state index in [-0.39, 0.29) is 23.8 Å². The lowest BCUT2D eigenvalue weighted by Gasteiger charge is -2.32. The van der Waals surface area contributed by atoms with Crippen LogP contribution in [0.2, 0.25) is 0 Å². The van der Waals surface area contributed by atoms with Crippen LogP contribution in [0.1, 0.15) is 61.3 Å². The predicted molar refractivity (Wildman–Crippen MR) is 135 cm³/mol. The summed E-state index contributed by atoms with van der Waals surface area (Å²) in [5.41, 5.74) is 2.23. The Kier molecular flexibility index (Phi) is 6.75. The van der Waals surface area contributed by atoms with Gasteiger partial charge in [-0.05, 0) is 43.7 Å². The highest BCUT2D eigenvalue weighted by Gasteiger charge is 2.37. The lowest BCUT2D eigenvalue weighted by molar-refractivity contribution is -0.384. The average molecular weight is 499 g/mol. The quantitative estimate of drug-likeness (QED) is 0.283. The van der Waals surface area contributed by atoms with Crippen LogP contribution in [0.5, 0.6) is 0 Å². The molecule has 1 saturated heterocycles. The Morgan fingerprint density at radius 1 is 1.26 bits per heavy atom. The summed E-state index contributed by atoms with van der Waals surface area (Å²) in [5.74, 6) is -0.651. The number of imidazole rings is 1. The molecule has 3 aromatic rings. The molecule has 1 aliphatic carbocycles. The van der Waals surface area contributed by atoms with Crippen molar-refractivity contribution in [2.24, 2.45) is 5.92 Å². The molecule has 1 atom stereocenters. The first-order chi connectivity index (χ1) is 17.0. The summed E-state index contributed by atoms with van der Waals surface area (Å²) in [6.45, 7) is 1.26. The predicted octanol–water partition coefficient (Wildman–Crippen LogP) is 5.17. The maximum absolute atomic E-state index is 12.8. The summed E-state index contributed by atoms with van der Waals surface area (Å²) in [5, 5.41) is 22.5. The number of carbonyl (C=O) groups excluding carboxylic acids is 1. The molecule has 5 rings (SSSR count). The molecule has 0 radical (unpaired) electrons. The lowest BCUT2D eigenvalue weighted by atomic mass is 9.95. The molecule has 1 aliphatic heterocycles. The van der Waals surface area contributed by atoms with Crippen LogP contribution in [0, 0.1) is 16.0 Å². The van der Waals surface area contributed by atoms with Crippen molar-refractivity contribution in [1.82, 2.24) is 9.55 Å². The summed E-state index contributed by atoms with van der Waals surface area (Å²) >= 11 is 1.24. The number of ether oxygens (including phenoxy) is 1. The summed E-state index contributed by atoms with van der Waals surface area (Å²) < 4.78 is 7.20. The highest BCUT2D eigenvalue weighted by molar-refractivity contribution is 7.20. The Labute approximate surface area is 207 Å². The summed E-state index contributed by atoms with van der Waals surface area (Å²) in [4.78, 5) is 31.6. The fourth-order valence-corrected chi connectivity index (χ4v) is 6.80. The topological polar surface area (TPSA) is 111 Å². The van der Waals surface area contributed by atoms with E-state index < -0.39 is 10.9 Å². The second-order valence-electron chi connectivity index (χ2n) is 9.49. The fraction of sp³-hybridized carbons (Fsp3) is 0.520. The molecule has 1 aromatic carbocycles. The number of piperidine rings is 1. The van der Waals surface area contributed by atoms with Gasteiger partial charge < -0.3 is 19.3 Å². The van der Waals surface area contributed by atoms with Crippen molar-refractivity contribution in [3.05, 3.63) is 40.2 Å². The van der Waals surface area contributed by atoms with Crippen LogP contribution >= 0.6 is 11.3 Å². The zero-order chi connectivity index (χ0) is 24.5. The Balaban J connectivity index is 1.60. The van der Waals surface area contributed by atoms with E-state index in [1.165, 1.54) is 37.7 Å². The zero-order valence-corrected chi connectivity index (χ0v) is 20.6. The standard InChI is InChI=1S/C25H30N4O5S/c1-34-25(31)21-22(29(32)33)23(35-24(21)27-11-5-6-16(13-27)14-30)17-9-10-20-19(12-17)26-15-28(20)18-7-3-2-4-8-18/h9-10,12,15-16,18,30H,2-8,11,13-14H2,1H3. The number of nitrogens with zero attached hydrogens (tertiary/aromatic N) is 4. The molecule has 2 aliphatic rings. The monoisotopic (exact) mass is 498 g/mol. The molecule has 0 spiro atoms. The van der Waals surface area contributed by atoms with Crippen molar-refractivity contribution < 1.29 is 19.6 Å². The number of thiophene rings is 1. The number of anilines is 1. The van der Waals surface area contributed by atoms with Gasteiger partial charge in [-0.25, -0.2) is 9.78 Å². The second-order valence-corrected chi connectivity index (χ2v) is 10.5. The molecule has 0 amide bonds. The van der Waals surface area contributed by atoms with Crippen LogP contribution < -0.4 is 4.90 Å². The van der Waals surface area contributed by atoms with Gasteiger partial charge in [0.25, 0.3) is 0 Å². The number of aliphatic hydroxyl groups excluding tert-OH is 1. The van der Waals surface area contributed by atoms with Crippen molar-refractivity contribution in [1.29, 1.82) is 0 Å². The highest BCUT2D eigenvalue weighted by Crippen LogP contribution is 2.48.